The van der Waals surface area contributed by atoms with Crippen LogP contribution in [0.2, 0.25) is 0 Å². The number of carbonyl (C=O) groups is 1. The number of hydrogen-bond acceptors (Lipinski definition) is 6. The Morgan fingerprint density at radius 2 is 2.14 bits per heavy atom. The van der Waals surface area contributed by atoms with Crippen LogP contribution in [0.25, 0.3) is 10.9 Å². The fourth-order valence-electron chi connectivity index (χ4n) is 2.88. The zero-order valence-corrected chi connectivity index (χ0v) is 18.2. The Bertz CT molecular complexity index is 1120. The van der Waals surface area contributed by atoms with Crippen LogP contribution < -0.4 is 4.74 Å². The fraction of sp³-hybridized carbons (Fsp3) is 0.211. The molecule has 3 aromatic rings. The van der Waals surface area contributed by atoms with Gasteiger partial charge in [0.15, 0.2) is 17.1 Å². The van der Waals surface area contributed by atoms with Crippen molar-refractivity contribution in [3.05, 3.63) is 50.3 Å². The average Bonchev–Trinajstić information content (AvgIpc) is 2.94. The number of carbonyl (C=O) groups excluding carboxylic acids is 1. The van der Waals surface area contributed by atoms with Crippen LogP contribution in [0.4, 0.5) is 0 Å². The van der Waals surface area contributed by atoms with Crippen LogP contribution >= 0.6 is 31.9 Å². The number of aromatic hydroxyl groups is 1. The number of nitriles is 1. The summed E-state index contributed by atoms with van der Waals surface area (Å²) in [6.45, 7) is 2.16. The van der Waals surface area contributed by atoms with E-state index in [0.29, 0.717) is 32.3 Å². The smallest absolute Gasteiger partial charge is 0.360 e. The van der Waals surface area contributed by atoms with E-state index in [0.717, 1.165) is 5.56 Å². The number of fused-ring (bicyclic) bond motifs is 1. The summed E-state index contributed by atoms with van der Waals surface area (Å²) in [4.78, 5) is 16.2. The van der Waals surface area contributed by atoms with E-state index in [9.17, 15) is 15.2 Å². The van der Waals surface area contributed by atoms with Gasteiger partial charge in [-0.3, -0.25) is 0 Å². The molecular weight excluding hydrogens is 494 g/mol. The maximum absolute atomic E-state index is 12.1. The molecule has 0 aliphatic heterocycles. The summed E-state index contributed by atoms with van der Waals surface area (Å²) in [6, 6.07) is 9.50. The van der Waals surface area contributed by atoms with E-state index in [1.54, 1.807) is 18.6 Å². The Balaban J connectivity index is 2.25. The molecule has 144 valence electrons. The van der Waals surface area contributed by atoms with Crippen molar-refractivity contribution in [3.63, 3.8) is 0 Å². The molecule has 0 fully saturated rings. The maximum atomic E-state index is 12.1. The minimum absolute atomic E-state index is 0.00477. The van der Waals surface area contributed by atoms with Gasteiger partial charge >= 0.3 is 5.97 Å². The predicted octanol–water partition coefficient (Wildman–Crippen LogP) is 4.37. The standard InChI is InChI=1S/C19H15Br2N3O4/c1-3-28-19(26)15-17(25)13-14(20)18(21)24(16(13)12(8-22)23-15)9-10-5-4-6-11(7-10)27-2/h4-7,25H,3,9H2,1-2H3. The predicted molar refractivity (Wildman–Crippen MR) is 110 cm³/mol. The zero-order chi connectivity index (χ0) is 20.4. The molecule has 2 aromatic heterocycles. The van der Waals surface area contributed by atoms with Crippen LogP contribution in [0, 0.1) is 11.3 Å². The molecule has 3 rings (SSSR count). The van der Waals surface area contributed by atoms with Crippen molar-refractivity contribution in [1.29, 1.82) is 5.26 Å². The molecule has 0 aliphatic carbocycles. The number of benzene rings is 1. The molecule has 0 atom stereocenters. The quantitative estimate of drug-likeness (QED) is 0.514. The van der Waals surface area contributed by atoms with E-state index in [1.165, 1.54) is 0 Å². The number of aromatic nitrogens is 2. The molecule has 7 nitrogen and oxygen atoms in total. The van der Waals surface area contributed by atoms with Gasteiger partial charge in [0.1, 0.15) is 16.4 Å². The first-order valence-electron chi connectivity index (χ1n) is 8.23. The molecule has 1 N–H and O–H groups in total. The molecule has 0 bridgehead atoms. The summed E-state index contributed by atoms with van der Waals surface area (Å²) in [7, 11) is 1.59. The van der Waals surface area contributed by atoms with Gasteiger partial charge in [0, 0.05) is 6.54 Å². The molecule has 0 saturated heterocycles. The second-order valence-electron chi connectivity index (χ2n) is 5.76. The second kappa shape index (κ2) is 8.20. The Labute approximate surface area is 177 Å². The SMILES string of the molecule is CCOC(=O)c1nc(C#N)c2c(c1O)c(Br)c(Br)n2Cc1cccc(OC)c1. The second-order valence-corrected chi connectivity index (χ2v) is 7.30. The first kappa shape index (κ1) is 20.2. The van der Waals surface area contributed by atoms with Crippen LogP contribution in [-0.2, 0) is 11.3 Å². The lowest BCUT2D eigenvalue weighted by atomic mass is 10.2. The van der Waals surface area contributed by atoms with E-state index in [-0.39, 0.29) is 23.7 Å². The van der Waals surface area contributed by atoms with E-state index in [2.05, 4.69) is 36.8 Å². The number of halogens is 2. The highest BCUT2D eigenvalue weighted by Crippen LogP contribution is 2.42. The van der Waals surface area contributed by atoms with Crippen LogP contribution in [0.5, 0.6) is 11.5 Å². The molecule has 28 heavy (non-hydrogen) atoms. The fourth-order valence-corrected chi connectivity index (χ4v) is 3.97. The summed E-state index contributed by atoms with van der Waals surface area (Å²) in [5.74, 6) is -0.429. The van der Waals surface area contributed by atoms with Gasteiger partial charge in [-0.05, 0) is 56.5 Å². The Morgan fingerprint density at radius 3 is 2.79 bits per heavy atom. The van der Waals surface area contributed by atoms with E-state index in [4.69, 9.17) is 9.47 Å². The minimum Gasteiger partial charge on any atom is -0.505 e. The van der Waals surface area contributed by atoms with Gasteiger partial charge in [-0.25, -0.2) is 9.78 Å². The number of rotatable bonds is 5. The van der Waals surface area contributed by atoms with Crippen molar-refractivity contribution < 1.29 is 19.4 Å². The van der Waals surface area contributed by atoms with Crippen molar-refractivity contribution in [3.8, 4) is 17.6 Å². The Morgan fingerprint density at radius 1 is 1.39 bits per heavy atom. The molecule has 1 aromatic carbocycles. The summed E-state index contributed by atoms with van der Waals surface area (Å²) >= 11 is 6.93. The van der Waals surface area contributed by atoms with Crippen molar-refractivity contribution >= 4 is 48.7 Å². The molecule has 2 heterocycles. The summed E-state index contributed by atoms with van der Waals surface area (Å²) in [5.41, 5.74) is 1.03. The van der Waals surface area contributed by atoms with Crippen LogP contribution in [0.15, 0.2) is 33.3 Å². The third-order valence-corrected chi connectivity index (χ3v) is 6.23. The average molecular weight is 509 g/mol. The van der Waals surface area contributed by atoms with Gasteiger partial charge in [0.05, 0.1) is 29.1 Å². The number of ether oxygens (including phenoxy) is 2. The molecule has 0 radical (unpaired) electrons. The number of hydrogen-bond donors (Lipinski definition) is 1. The first-order valence-corrected chi connectivity index (χ1v) is 9.81. The zero-order valence-electron chi connectivity index (χ0n) is 15.0. The molecule has 0 amide bonds. The van der Waals surface area contributed by atoms with Crippen molar-refractivity contribution in [2.24, 2.45) is 0 Å². The largest absolute Gasteiger partial charge is 0.505 e. The van der Waals surface area contributed by atoms with Gasteiger partial charge < -0.3 is 19.1 Å². The summed E-state index contributed by atoms with van der Waals surface area (Å²) in [6.07, 6.45) is 0. The molecule has 0 aliphatic rings. The highest BCUT2D eigenvalue weighted by atomic mass is 79.9. The van der Waals surface area contributed by atoms with Gasteiger partial charge in [0.2, 0.25) is 0 Å². The van der Waals surface area contributed by atoms with Gasteiger partial charge in [-0.1, -0.05) is 12.1 Å². The van der Waals surface area contributed by atoms with E-state index >= 15 is 0 Å². The summed E-state index contributed by atoms with van der Waals surface area (Å²) in [5, 5.41) is 20.6. The number of pyridine rings is 1. The molecule has 0 saturated carbocycles. The minimum atomic E-state index is -0.790. The topological polar surface area (TPSA) is 97.4 Å². The number of methoxy groups -OCH3 is 1. The third kappa shape index (κ3) is 3.45. The highest BCUT2D eigenvalue weighted by molar-refractivity contribution is 9.13. The lowest BCUT2D eigenvalue weighted by molar-refractivity contribution is 0.0516. The van der Waals surface area contributed by atoms with Gasteiger partial charge in [-0.2, -0.15) is 5.26 Å². The van der Waals surface area contributed by atoms with Crippen molar-refractivity contribution in [2.45, 2.75) is 13.5 Å². The van der Waals surface area contributed by atoms with Crippen LogP contribution in [0.3, 0.4) is 0 Å². The monoisotopic (exact) mass is 507 g/mol. The summed E-state index contributed by atoms with van der Waals surface area (Å²) < 4.78 is 13.1. The number of esters is 1. The molecule has 0 spiro atoms. The molecule has 9 heteroatoms. The normalized spacial score (nSPS) is 10.7. The lowest BCUT2D eigenvalue weighted by Crippen LogP contribution is -2.10. The molecular formula is C19H15Br2N3O4. The molecule has 0 unspecified atom stereocenters. The highest BCUT2D eigenvalue weighted by Gasteiger charge is 2.27. The first-order chi connectivity index (χ1) is 13.4. The Kier molecular flexibility index (Phi) is 5.91. The van der Waals surface area contributed by atoms with E-state index < -0.39 is 5.97 Å². The third-order valence-electron chi connectivity index (χ3n) is 4.10. The van der Waals surface area contributed by atoms with E-state index in [1.807, 2.05) is 30.3 Å². The van der Waals surface area contributed by atoms with Gasteiger partial charge in [0.25, 0.3) is 0 Å². The van der Waals surface area contributed by atoms with Crippen LogP contribution in [-0.4, -0.2) is 34.3 Å². The Hall–Kier alpha value is -2.57. The lowest BCUT2D eigenvalue weighted by Gasteiger charge is -2.11. The van der Waals surface area contributed by atoms with Crippen molar-refractivity contribution in [2.75, 3.05) is 13.7 Å². The van der Waals surface area contributed by atoms with Crippen molar-refractivity contribution in [1.82, 2.24) is 9.55 Å². The van der Waals surface area contributed by atoms with Gasteiger partial charge in [-0.15, -0.1) is 0 Å². The number of nitrogens with zero attached hydrogens (tertiary/aromatic N) is 3. The van der Waals surface area contributed by atoms with Crippen LogP contribution in [0.1, 0.15) is 28.7 Å². The maximum Gasteiger partial charge on any atom is 0.360 e.